The van der Waals surface area contributed by atoms with Crippen LogP contribution in [0.3, 0.4) is 0 Å². The van der Waals surface area contributed by atoms with Gasteiger partial charge in [-0.05, 0) is 78.2 Å². The van der Waals surface area contributed by atoms with Crippen molar-refractivity contribution in [3.63, 3.8) is 0 Å². The van der Waals surface area contributed by atoms with Gasteiger partial charge in [-0.25, -0.2) is 0 Å². The van der Waals surface area contributed by atoms with E-state index in [-0.39, 0.29) is 6.42 Å². The Morgan fingerprint density at radius 1 is 1.00 bits per heavy atom. The van der Waals surface area contributed by atoms with Crippen molar-refractivity contribution in [2.45, 2.75) is 50.6 Å². The lowest BCUT2D eigenvalue weighted by Gasteiger charge is -2.25. The van der Waals surface area contributed by atoms with E-state index in [0.717, 1.165) is 52.1 Å². The van der Waals surface area contributed by atoms with Gasteiger partial charge < -0.3 is 14.6 Å². The molecule has 1 aliphatic carbocycles. The van der Waals surface area contributed by atoms with Gasteiger partial charge in [0.25, 0.3) is 0 Å². The van der Waals surface area contributed by atoms with Gasteiger partial charge in [-0.1, -0.05) is 36.4 Å². The van der Waals surface area contributed by atoms with E-state index in [9.17, 15) is 4.79 Å². The van der Waals surface area contributed by atoms with E-state index < -0.39 is 5.97 Å². The lowest BCUT2D eigenvalue weighted by atomic mass is 9.92. The molecule has 1 N–H and O–H groups in total. The first-order valence-electron chi connectivity index (χ1n) is 11.8. The Bertz CT molecular complexity index is 1170. The highest BCUT2D eigenvalue weighted by molar-refractivity contribution is 6.01. The monoisotopic (exact) mass is 445 g/mol. The van der Waals surface area contributed by atoms with Crippen LogP contribution in [0.1, 0.15) is 43.2 Å². The van der Waals surface area contributed by atoms with Crippen molar-refractivity contribution in [2.24, 2.45) is 0 Å². The predicted octanol–water partition coefficient (Wildman–Crippen LogP) is 5.67. The number of benzene rings is 3. The number of carbonyl (C=O) groups is 1. The average molecular weight is 446 g/mol. The summed E-state index contributed by atoms with van der Waals surface area (Å²) in [6.07, 6.45) is 5.86. The number of fused-ring (bicyclic) bond motifs is 1. The van der Waals surface area contributed by atoms with E-state index in [1.165, 1.54) is 31.2 Å². The molecule has 0 aromatic heterocycles. The highest BCUT2D eigenvalue weighted by atomic mass is 16.5. The number of nitrogens with zero attached hydrogens (tertiary/aromatic N) is 1. The highest BCUT2D eigenvalue weighted by Gasteiger charge is 2.50. The van der Waals surface area contributed by atoms with Gasteiger partial charge in [0, 0.05) is 18.5 Å². The molecule has 2 aliphatic rings. The zero-order chi connectivity index (χ0) is 23.0. The van der Waals surface area contributed by atoms with Crippen LogP contribution in [0, 0.1) is 0 Å². The second-order valence-electron chi connectivity index (χ2n) is 9.34. The van der Waals surface area contributed by atoms with E-state index in [4.69, 9.17) is 14.6 Å². The largest absolute Gasteiger partial charge is 0.496 e. The number of ether oxygens (including phenoxy) is 2. The normalized spacial score (nSPS) is 16.9. The molecule has 3 aromatic rings. The summed E-state index contributed by atoms with van der Waals surface area (Å²) in [6.45, 7) is 2.08. The quantitative estimate of drug-likeness (QED) is 0.484. The summed E-state index contributed by atoms with van der Waals surface area (Å²) in [5.41, 5.74) is 4.66. The highest BCUT2D eigenvalue weighted by Crippen LogP contribution is 2.50. The number of hydrogen-bond acceptors (Lipinski definition) is 4. The maximum absolute atomic E-state index is 11.1. The topological polar surface area (TPSA) is 59.0 Å². The number of hydrogen-bond donors (Lipinski definition) is 1. The van der Waals surface area contributed by atoms with Gasteiger partial charge in [0.1, 0.15) is 11.5 Å². The third kappa shape index (κ3) is 4.06. The molecule has 0 unspecified atom stereocenters. The molecule has 1 saturated heterocycles. The van der Waals surface area contributed by atoms with Crippen LogP contribution in [0.2, 0.25) is 0 Å². The van der Waals surface area contributed by atoms with Gasteiger partial charge in [-0.3, -0.25) is 9.69 Å². The molecule has 172 valence electrons. The number of carboxylic acid groups (broad SMARTS) is 1. The van der Waals surface area contributed by atoms with Crippen molar-refractivity contribution in [1.29, 1.82) is 0 Å². The minimum absolute atomic E-state index is 0.114. The number of methoxy groups -OCH3 is 2. The SMILES string of the molecule is COc1cc(CN2CCCC23CC3)cc(OC)c1-c1cccc2c(CCC(=O)O)cccc12. The standard InChI is InChI=1S/C28H31NO4/c1-32-24-16-19(18-29-15-5-12-28(29)13-14-28)17-25(33-2)27(24)23-9-4-7-21-20(10-11-26(30)31)6-3-8-22(21)23/h3-4,6-9,16-17H,5,10-15,18H2,1-2H3,(H,30,31). The number of aliphatic carboxylic acids is 1. The van der Waals surface area contributed by atoms with Gasteiger partial charge >= 0.3 is 5.97 Å². The van der Waals surface area contributed by atoms with Crippen LogP contribution in [0.25, 0.3) is 21.9 Å². The Morgan fingerprint density at radius 2 is 1.70 bits per heavy atom. The molecule has 33 heavy (non-hydrogen) atoms. The van der Waals surface area contributed by atoms with Crippen molar-refractivity contribution in [1.82, 2.24) is 4.90 Å². The lowest BCUT2D eigenvalue weighted by Crippen LogP contribution is -2.30. The van der Waals surface area contributed by atoms with Crippen LogP contribution >= 0.6 is 0 Å². The third-order valence-corrected chi connectivity index (χ3v) is 7.40. The maximum atomic E-state index is 11.1. The Labute approximate surface area is 194 Å². The van der Waals surface area contributed by atoms with Crippen molar-refractivity contribution < 1.29 is 19.4 Å². The molecule has 2 fully saturated rings. The number of rotatable bonds is 8. The summed E-state index contributed by atoms with van der Waals surface area (Å²) in [4.78, 5) is 13.8. The van der Waals surface area contributed by atoms with Gasteiger partial charge in [0.15, 0.2) is 0 Å². The molecule has 5 rings (SSSR count). The molecule has 1 heterocycles. The van der Waals surface area contributed by atoms with Crippen molar-refractivity contribution in [3.8, 4) is 22.6 Å². The van der Waals surface area contributed by atoms with E-state index >= 15 is 0 Å². The summed E-state index contributed by atoms with van der Waals surface area (Å²) in [7, 11) is 3.42. The summed E-state index contributed by atoms with van der Waals surface area (Å²) in [6, 6.07) is 16.6. The zero-order valence-corrected chi connectivity index (χ0v) is 19.4. The van der Waals surface area contributed by atoms with Crippen molar-refractivity contribution in [2.75, 3.05) is 20.8 Å². The van der Waals surface area contributed by atoms with Crippen LogP contribution in [-0.4, -0.2) is 42.3 Å². The minimum atomic E-state index is -0.784. The molecule has 0 amide bonds. The summed E-state index contributed by atoms with van der Waals surface area (Å²) in [5, 5.41) is 11.3. The summed E-state index contributed by atoms with van der Waals surface area (Å²) >= 11 is 0. The lowest BCUT2D eigenvalue weighted by molar-refractivity contribution is -0.136. The van der Waals surface area contributed by atoms with Crippen LogP contribution < -0.4 is 9.47 Å². The Morgan fingerprint density at radius 3 is 2.36 bits per heavy atom. The Kier molecular flexibility index (Phi) is 5.75. The molecular formula is C28H31NO4. The van der Waals surface area contributed by atoms with Crippen LogP contribution in [0.15, 0.2) is 48.5 Å². The van der Waals surface area contributed by atoms with Crippen LogP contribution in [-0.2, 0) is 17.8 Å². The van der Waals surface area contributed by atoms with Gasteiger partial charge in [0.05, 0.1) is 19.8 Å². The van der Waals surface area contributed by atoms with E-state index in [0.29, 0.717) is 12.0 Å². The summed E-state index contributed by atoms with van der Waals surface area (Å²) in [5.74, 6) is 0.821. The van der Waals surface area contributed by atoms with Crippen molar-refractivity contribution >= 4 is 16.7 Å². The molecule has 3 aromatic carbocycles. The molecule has 0 radical (unpaired) electrons. The molecule has 1 saturated carbocycles. The summed E-state index contributed by atoms with van der Waals surface area (Å²) < 4.78 is 11.8. The van der Waals surface area contributed by atoms with Crippen LogP contribution in [0.5, 0.6) is 11.5 Å². The smallest absolute Gasteiger partial charge is 0.303 e. The number of aryl methyl sites for hydroxylation is 1. The zero-order valence-electron chi connectivity index (χ0n) is 19.4. The second kappa shape index (κ2) is 8.71. The first-order valence-corrected chi connectivity index (χ1v) is 11.8. The molecule has 0 bridgehead atoms. The molecular weight excluding hydrogens is 414 g/mol. The Hall–Kier alpha value is -3.05. The maximum Gasteiger partial charge on any atom is 0.303 e. The molecule has 0 atom stereocenters. The van der Waals surface area contributed by atoms with Gasteiger partial charge in [-0.15, -0.1) is 0 Å². The first-order chi connectivity index (χ1) is 16.0. The number of likely N-dealkylation sites (tertiary alicyclic amines) is 1. The Balaban J connectivity index is 1.57. The van der Waals surface area contributed by atoms with Gasteiger partial charge in [0.2, 0.25) is 0 Å². The third-order valence-electron chi connectivity index (χ3n) is 7.40. The van der Waals surface area contributed by atoms with E-state index in [2.05, 4.69) is 35.2 Å². The fourth-order valence-electron chi connectivity index (χ4n) is 5.55. The predicted molar refractivity (Wildman–Crippen MR) is 130 cm³/mol. The molecule has 5 nitrogen and oxygen atoms in total. The molecule has 1 spiro atoms. The fraction of sp³-hybridized carbons (Fsp3) is 0.393. The second-order valence-corrected chi connectivity index (χ2v) is 9.34. The molecule has 1 aliphatic heterocycles. The van der Waals surface area contributed by atoms with Crippen LogP contribution in [0.4, 0.5) is 0 Å². The average Bonchev–Trinajstić information content (AvgIpc) is 3.51. The van der Waals surface area contributed by atoms with E-state index in [1.807, 2.05) is 18.2 Å². The van der Waals surface area contributed by atoms with Gasteiger partial charge in [-0.2, -0.15) is 0 Å². The first kappa shape index (κ1) is 21.8. The van der Waals surface area contributed by atoms with Crippen molar-refractivity contribution in [3.05, 3.63) is 59.7 Å². The van der Waals surface area contributed by atoms with E-state index in [1.54, 1.807) is 14.2 Å². The molecule has 5 heteroatoms. The number of carboxylic acids is 1. The minimum Gasteiger partial charge on any atom is -0.496 e. The fourth-order valence-corrected chi connectivity index (χ4v) is 5.55.